The summed E-state index contributed by atoms with van der Waals surface area (Å²) in [5.41, 5.74) is 1.40. The molecule has 2 aromatic rings. The van der Waals surface area contributed by atoms with Gasteiger partial charge in [-0.1, -0.05) is 18.2 Å². The second-order valence-electron chi connectivity index (χ2n) is 4.50. The largest absolute Gasteiger partial charge is 0.494 e. The fourth-order valence-electron chi connectivity index (χ4n) is 2.46. The van der Waals surface area contributed by atoms with Crippen molar-refractivity contribution in [3.8, 4) is 5.75 Å². The molecule has 0 aromatic heterocycles. The van der Waals surface area contributed by atoms with Crippen LogP contribution in [0.4, 0.5) is 0 Å². The molecular formula is C16H17OS+. The number of rotatable bonds is 3. The second kappa shape index (κ2) is 5.07. The van der Waals surface area contributed by atoms with Gasteiger partial charge < -0.3 is 4.74 Å². The fourth-order valence-corrected chi connectivity index (χ4v) is 3.62. The first-order chi connectivity index (χ1) is 8.88. The molecule has 1 heterocycles. The molecule has 0 unspecified atom stereocenters. The number of hydrogen-bond donors (Lipinski definition) is 0. The first kappa shape index (κ1) is 11.7. The van der Waals surface area contributed by atoms with Gasteiger partial charge in [0.15, 0.2) is 17.1 Å². The molecule has 3 rings (SSSR count). The van der Waals surface area contributed by atoms with Crippen molar-refractivity contribution in [2.75, 3.05) is 12.4 Å². The van der Waals surface area contributed by atoms with Gasteiger partial charge in [-0.25, -0.2) is 0 Å². The molecule has 1 aliphatic rings. The first-order valence-corrected chi connectivity index (χ1v) is 7.51. The Morgan fingerprint density at radius 1 is 1.22 bits per heavy atom. The predicted octanol–water partition coefficient (Wildman–Crippen LogP) is 3.64. The summed E-state index contributed by atoms with van der Waals surface area (Å²) in [5.74, 6) is 2.23. The zero-order valence-electron chi connectivity index (χ0n) is 10.6. The molecule has 0 spiro atoms. The minimum atomic E-state index is 0.721. The summed E-state index contributed by atoms with van der Waals surface area (Å²) in [5, 5.41) is 2.63. The molecule has 0 aliphatic carbocycles. The van der Waals surface area contributed by atoms with E-state index >= 15 is 0 Å². The average molecular weight is 257 g/mol. The lowest BCUT2D eigenvalue weighted by atomic mass is 10.00. The number of benzene rings is 2. The van der Waals surface area contributed by atoms with Crippen LogP contribution >= 0.6 is 0 Å². The van der Waals surface area contributed by atoms with Crippen molar-refractivity contribution in [2.24, 2.45) is 0 Å². The fraction of sp³-hybridized carbons (Fsp3) is 0.312. The molecule has 0 atom stereocenters. The summed E-state index contributed by atoms with van der Waals surface area (Å²) < 4.78 is 5.62. The molecule has 0 fully saturated rings. The van der Waals surface area contributed by atoms with E-state index in [-0.39, 0.29) is 0 Å². The quantitative estimate of drug-likeness (QED) is 0.602. The minimum Gasteiger partial charge on any atom is -0.494 e. The molecule has 1 nitrogen and oxygen atoms in total. The molecule has 0 amide bonds. The average Bonchev–Trinajstić information content (AvgIpc) is 2.92. The Labute approximate surface area is 112 Å². The zero-order valence-corrected chi connectivity index (χ0v) is 11.4. The van der Waals surface area contributed by atoms with Crippen LogP contribution in [0.5, 0.6) is 5.75 Å². The standard InChI is InChI=1S/C16H17OS/c1-2-17-13-9-8-12-5-3-6-14(15(12)11-13)16-7-4-10-18-16/h3,5-6,8-9,11H,2,4,7,10H2,1H3/q+1. The van der Waals surface area contributed by atoms with E-state index in [9.17, 15) is 0 Å². The van der Waals surface area contributed by atoms with Crippen LogP contribution in [-0.4, -0.2) is 17.2 Å². The molecule has 18 heavy (non-hydrogen) atoms. The Morgan fingerprint density at radius 3 is 2.94 bits per heavy atom. The van der Waals surface area contributed by atoms with Gasteiger partial charge in [-0.3, -0.25) is 0 Å². The van der Waals surface area contributed by atoms with Gasteiger partial charge in [-0.2, -0.15) is 0 Å². The maximum absolute atomic E-state index is 5.62. The lowest BCUT2D eigenvalue weighted by Gasteiger charge is -2.07. The molecule has 0 saturated heterocycles. The van der Waals surface area contributed by atoms with E-state index in [1.165, 1.54) is 39.8 Å². The van der Waals surface area contributed by atoms with E-state index in [1.54, 1.807) is 0 Å². The Morgan fingerprint density at radius 2 is 2.17 bits per heavy atom. The summed E-state index contributed by atoms with van der Waals surface area (Å²) in [4.78, 5) is 1.54. The van der Waals surface area contributed by atoms with Crippen molar-refractivity contribution in [1.29, 1.82) is 0 Å². The molecule has 92 valence electrons. The Hall–Kier alpha value is -1.41. The van der Waals surface area contributed by atoms with Gasteiger partial charge in [0.25, 0.3) is 0 Å². The lowest BCUT2D eigenvalue weighted by Crippen LogP contribution is -1.99. The molecule has 2 heteroatoms. The summed E-state index contributed by atoms with van der Waals surface area (Å²) in [6.45, 7) is 2.75. The molecule has 0 saturated carbocycles. The van der Waals surface area contributed by atoms with Gasteiger partial charge in [0.1, 0.15) is 5.75 Å². The van der Waals surface area contributed by atoms with Crippen LogP contribution in [-0.2, 0) is 11.4 Å². The summed E-state index contributed by atoms with van der Waals surface area (Å²) in [7, 11) is 0. The van der Waals surface area contributed by atoms with Crippen LogP contribution in [0.2, 0.25) is 0 Å². The van der Waals surface area contributed by atoms with Crippen molar-refractivity contribution < 1.29 is 4.74 Å². The first-order valence-electron chi connectivity index (χ1n) is 6.53. The third-order valence-corrected chi connectivity index (χ3v) is 4.55. The summed E-state index contributed by atoms with van der Waals surface area (Å²) in [6.07, 6.45) is 2.53. The van der Waals surface area contributed by atoms with Gasteiger partial charge in [-0.15, -0.1) is 0 Å². The summed E-state index contributed by atoms with van der Waals surface area (Å²) in [6, 6.07) is 13.0. The van der Waals surface area contributed by atoms with E-state index in [2.05, 4.69) is 36.4 Å². The highest BCUT2D eigenvalue weighted by atomic mass is 32.1. The summed E-state index contributed by atoms with van der Waals surface area (Å²) >= 11 is 2.01. The van der Waals surface area contributed by atoms with Crippen LogP contribution in [0.25, 0.3) is 10.8 Å². The minimum absolute atomic E-state index is 0.721. The molecule has 0 bridgehead atoms. The molecule has 0 N–H and O–H groups in total. The highest BCUT2D eigenvalue weighted by Gasteiger charge is 2.22. The van der Waals surface area contributed by atoms with E-state index in [4.69, 9.17) is 4.74 Å². The van der Waals surface area contributed by atoms with E-state index in [0.29, 0.717) is 0 Å². The number of hydrogen-bond acceptors (Lipinski definition) is 1. The van der Waals surface area contributed by atoms with Gasteiger partial charge in [0.2, 0.25) is 4.86 Å². The highest BCUT2D eigenvalue weighted by molar-refractivity contribution is 7.79. The SMILES string of the molecule is CCOc1ccc2cccc(C3=[S+]CCC3)c2c1. The second-order valence-corrected chi connectivity index (χ2v) is 5.69. The number of ether oxygens (including phenoxy) is 1. The van der Waals surface area contributed by atoms with Crippen molar-refractivity contribution in [1.82, 2.24) is 0 Å². The normalized spacial score (nSPS) is 14.8. The zero-order chi connectivity index (χ0) is 12.4. The van der Waals surface area contributed by atoms with E-state index < -0.39 is 0 Å². The van der Waals surface area contributed by atoms with Gasteiger partial charge in [0.05, 0.1) is 6.61 Å². The Balaban J connectivity index is 2.15. The van der Waals surface area contributed by atoms with E-state index in [0.717, 1.165) is 12.4 Å². The maximum atomic E-state index is 5.62. The maximum Gasteiger partial charge on any atom is 0.209 e. The van der Waals surface area contributed by atoms with Gasteiger partial charge >= 0.3 is 0 Å². The van der Waals surface area contributed by atoms with Crippen LogP contribution in [0, 0.1) is 0 Å². The third-order valence-electron chi connectivity index (χ3n) is 3.29. The monoisotopic (exact) mass is 257 g/mol. The van der Waals surface area contributed by atoms with Crippen LogP contribution in [0.1, 0.15) is 25.3 Å². The van der Waals surface area contributed by atoms with Gasteiger partial charge in [0, 0.05) is 18.4 Å². The van der Waals surface area contributed by atoms with Crippen molar-refractivity contribution in [3.63, 3.8) is 0 Å². The van der Waals surface area contributed by atoms with Gasteiger partial charge in [-0.05, 0) is 35.9 Å². The lowest BCUT2D eigenvalue weighted by molar-refractivity contribution is 0.341. The van der Waals surface area contributed by atoms with E-state index in [1.807, 2.05) is 18.3 Å². The molecule has 1 aliphatic heterocycles. The highest BCUT2D eigenvalue weighted by Crippen LogP contribution is 2.26. The molecule has 2 aromatic carbocycles. The van der Waals surface area contributed by atoms with Crippen molar-refractivity contribution in [2.45, 2.75) is 19.8 Å². The number of fused-ring (bicyclic) bond motifs is 1. The topological polar surface area (TPSA) is 9.23 Å². The van der Waals surface area contributed by atoms with Crippen LogP contribution in [0.3, 0.4) is 0 Å². The Bertz CT molecular complexity index is 601. The van der Waals surface area contributed by atoms with Crippen molar-refractivity contribution >= 4 is 27.0 Å². The van der Waals surface area contributed by atoms with Crippen LogP contribution in [0.15, 0.2) is 36.4 Å². The third kappa shape index (κ3) is 2.13. The Kier molecular flexibility index (Phi) is 3.28. The van der Waals surface area contributed by atoms with Crippen LogP contribution < -0.4 is 4.74 Å². The predicted molar refractivity (Wildman–Crippen MR) is 80.7 cm³/mol. The van der Waals surface area contributed by atoms with Crippen molar-refractivity contribution in [3.05, 3.63) is 42.0 Å². The molecule has 0 radical (unpaired) electrons. The molecular weight excluding hydrogens is 240 g/mol. The smallest absolute Gasteiger partial charge is 0.209 e.